The second-order valence-electron chi connectivity index (χ2n) is 3.19. The largest absolute Gasteiger partial charge is 0.437 e. The maximum Gasteiger partial charge on any atom is 0.297 e. The number of rotatable bonds is 2. The molecule has 1 saturated carbocycles. The molecule has 0 aromatic heterocycles. The molecule has 2 nitrogen and oxygen atoms in total. The fourth-order valence-electron chi connectivity index (χ4n) is 1.37. The van der Waals surface area contributed by atoms with Gasteiger partial charge in [0.1, 0.15) is 0 Å². The molecule has 0 heterocycles. The van der Waals surface area contributed by atoms with E-state index in [4.69, 9.17) is 0 Å². The summed E-state index contributed by atoms with van der Waals surface area (Å²) in [5.41, 5.74) is 1.27. The molecule has 0 aromatic rings. The topological polar surface area (TPSA) is 26.3 Å². The molecule has 1 aliphatic rings. The van der Waals surface area contributed by atoms with Crippen molar-refractivity contribution in [3.63, 3.8) is 0 Å². The van der Waals surface area contributed by atoms with Gasteiger partial charge in [-0.25, -0.2) is 0 Å². The summed E-state index contributed by atoms with van der Waals surface area (Å²) in [4.78, 5) is 9.85. The highest BCUT2D eigenvalue weighted by Gasteiger charge is 2.11. The second kappa shape index (κ2) is 4.16. The van der Waals surface area contributed by atoms with Crippen molar-refractivity contribution < 1.29 is 9.53 Å². The zero-order valence-electron chi connectivity index (χ0n) is 6.88. The van der Waals surface area contributed by atoms with Crippen LogP contribution in [0.4, 0.5) is 0 Å². The highest BCUT2D eigenvalue weighted by atomic mass is 16.5. The number of carbonyl (C=O) groups excluding carboxylic acids is 1. The molecule has 0 unspecified atom stereocenters. The normalized spacial score (nSPS) is 24.5. The van der Waals surface area contributed by atoms with Gasteiger partial charge < -0.3 is 4.74 Å². The van der Waals surface area contributed by atoms with Crippen molar-refractivity contribution in [1.82, 2.24) is 0 Å². The van der Waals surface area contributed by atoms with E-state index in [1.165, 1.54) is 18.4 Å². The third-order valence-electron chi connectivity index (χ3n) is 2.21. The van der Waals surface area contributed by atoms with E-state index >= 15 is 0 Å². The molecule has 0 aromatic carbocycles. The van der Waals surface area contributed by atoms with Crippen molar-refractivity contribution in [2.75, 3.05) is 0 Å². The number of carbonyl (C=O) groups is 1. The first-order chi connectivity index (χ1) is 5.33. The molecular formula is C9H14O2. The Kier molecular flexibility index (Phi) is 3.14. The average Bonchev–Trinajstić information content (AvgIpc) is 2.04. The molecule has 0 amide bonds. The van der Waals surface area contributed by atoms with Crippen LogP contribution in [0.3, 0.4) is 0 Å². The highest BCUT2D eigenvalue weighted by molar-refractivity contribution is 5.38. The molecule has 1 rings (SSSR count). The van der Waals surface area contributed by atoms with E-state index in [0.717, 1.165) is 18.8 Å². The Morgan fingerprint density at radius 1 is 1.45 bits per heavy atom. The van der Waals surface area contributed by atoms with Gasteiger partial charge in [0.05, 0.1) is 6.26 Å². The van der Waals surface area contributed by atoms with Crippen LogP contribution >= 0.6 is 0 Å². The van der Waals surface area contributed by atoms with Crippen LogP contribution in [-0.4, -0.2) is 6.47 Å². The van der Waals surface area contributed by atoms with Crippen LogP contribution in [0.25, 0.3) is 0 Å². The summed E-state index contributed by atoms with van der Waals surface area (Å²) in [7, 11) is 0. The average molecular weight is 154 g/mol. The van der Waals surface area contributed by atoms with Gasteiger partial charge in [0.25, 0.3) is 6.47 Å². The summed E-state index contributed by atoms with van der Waals surface area (Å²) in [6, 6.07) is 0. The van der Waals surface area contributed by atoms with Gasteiger partial charge in [-0.05, 0) is 37.2 Å². The highest BCUT2D eigenvalue weighted by Crippen LogP contribution is 2.27. The molecular weight excluding hydrogens is 140 g/mol. The molecule has 0 bridgehead atoms. The minimum atomic E-state index is 0.477. The number of ether oxygens (including phenoxy) is 1. The molecule has 0 atom stereocenters. The fourth-order valence-corrected chi connectivity index (χ4v) is 1.37. The van der Waals surface area contributed by atoms with Gasteiger partial charge in [-0.2, -0.15) is 0 Å². The Bertz CT molecular complexity index is 151. The van der Waals surface area contributed by atoms with Crippen molar-refractivity contribution in [1.29, 1.82) is 0 Å². The van der Waals surface area contributed by atoms with Gasteiger partial charge >= 0.3 is 0 Å². The molecule has 1 aliphatic carbocycles. The van der Waals surface area contributed by atoms with Crippen LogP contribution < -0.4 is 0 Å². The zero-order valence-corrected chi connectivity index (χ0v) is 6.88. The van der Waals surface area contributed by atoms with Crippen LogP contribution in [0.1, 0.15) is 32.6 Å². The smallest absolute Gasteiger partial charge is 0.297 e. The lowest BCUT2D eigenvalue weighted by Gasteiger charge is -2.19. The predicted octanol–water partition coefficient (Wildman–Crippen LogP) is 2.25. The number of allylic oxidation sites excluding steroid dienone is 1. The van der Waals surface area contributed by atoms with Crippen LogP contribution in [0.2, 0.25) is 0 Å². The molecule has 0 aliphatic heterocycles. The van der Waals surface area contributed by atoms with E-state index in [2.05, 4.69) is 11.7 Å². The van der Waals surface area contributed by atoms with Crippen LogP contribution in [0.5, 0.6) is 0 Å². The Labute approximate surface area is 67.2 Å². The van der Waals surface area contributed by atoms with Gasteiger partial charge in [-0.3, -0.25) is 4.79 Å². The minimum absolute atomic E-state index is 0.477. The van der Waals surface area contributed by atoms with E-state index in [1.807, 2.05) is 0 Å². The lowest BCUT2D eigenvalue weighted by molar-refractivity contribution is -0.123. The summed E-state index contributed by atoms with van der Waals surface area (Å²) in [5, 5.41) is 0. The summed E-state index contributed by atoms with van der Waals surface area (Å²) < 4.78 is 4.57. The van der Waals surface area contributed by atoms with Crippen molar-refractivity contribution in [3.05, 3.63) is 11.8 Å². The first-order valence-corrected chi connectivity index (χ1v) is 4.10. The maximum absolute atomic E-state index is 9.85. The SMILES string of the molecule is CC1CCC(=COC=O)CC1. The lowest BCUT2D eigenvalue weighted by Crippen LogP contribution is -2.04. The number of hydrogen-bond donors (Lipinski definition) is 0. The summed E-state index contributed by atoms with van der Waals surface area (Å²) in [5.74, 6) is 0.836. The lowest BCUT2D eigenvalue weighted by atomic mass is 9.88. The molecule has 2 heteroatoms. The van der Waals surface area contributed by atoms with Crippen molar-refractivity contribution in [3.8, 4) is 0 Å². The summed E-state index contributed by atoms with van der Waals surface area (Å²) >= 11 is 0. The van der Waals surface area contributed by atoms with Gasteiger partial charge in [0.2, 0.25) is 0 Å². The fraction of sp³-hybridized carbons (Fsp3) is 0.667. The third-order valence-corrected chi connectivity index (χ3v) is 2.21. The van der Waals surface area contributed by atoms with E-state index in [0.29, 0.717) is 6.47 Å². The van der Waals surface area contributed by atoms with E-state index < -0.39 is 0 Å². The molecule has 0 radical (unpaired) electrons. The van der Waals surface area contributed by atoms with Gasteiger partial charge in [0.15, 0.2) is 0 Å². The van der Waals surface area contributed by atoms with Crippen LogP contribution in [-0.2, 0) is 9.53 Å². The van der Waals surface area contributed by atoms with Crippen molar-refractivity contribution in [2.45, 2.75) is 32.6 Å². The van der Waals surface area contributed by atoms with Gasteiger partial charge in [0, 0.05) is 0 Å². The first kappa shape index (κ1) is 8.31. The van der Waals surface area contributed by atoms with Crippen LogP contribution in [0, 0.1) is 5.92 Å². The van der Waals surface area contributed by atoms with Crippen molar-refractivity contribution >= 4 is 6.47 Å². The molecule has 62 valence electrons. The quantitative estimate of drug-likeness (QED) is 0.450. The van der Waals surface area contributed by atoms with Crippen LogP contribution in [0.15, 0.2) is 11.8 Å². The third kappa shape index (κ3) is 2.74. The Hall–Kier alpha value is -0.790. The Balaban J connectivity index is 2.32. The zero-order chi connectivity index (χ0) is 8.10. The summed E-state index contributed by atoms with van der Waals surface area (Å²) in [6.07, 6.45) is 6.24. The molecule has 11 heavy (non-hydrogen) atoms. The number of hydrogen-bond acceptors (Lipinski definition) is 2. The van der Waals surface area contributed by atoms with Crippen molar-refractivity contribution in [2.24, 2.45) is 5.92 Å². The monoisotopic (exact) mass is 154 g/mol. The maximum atomic E-state index is 9.85. The molecule has 1 fully saturated rings. The van der Waals surface area contributed by atoms with E-state index in [1.54, 1.807) is 6.26 Å². The second-order valence-corrected chi connectivity index (χ2v) is 3.19. The minimum Gasteiger partial charge on any atom is -0.437 e. The molecule has 0 N–H and O–H groups in total. The predicted molar refractivity (Wildman–Crippen MR) is 42.9 cm³/mol. The van der Waals surface area contributed by atoms with Gasteiger partial charge in [-0.1, -0.05) is 6.92 Å². The van der Waals surface area contributed by atoms with E-state index in [-0.39, 0.29) is 0 Å². The molecule has 0 saturated heterocycles. The van der Waals surface area contributed by atoms with Gasteiger partial charge in [-0.15, -0.1) is 0 Å². The Morgan fingerprint density at radius 2 is 2.09 bits per heavy atom. The summed E-state index contributed by atoms with van der Waals surface area (Å²) in [6.45, 7) is 2.74. The van der Waals surface area contributed by atoms with E-state index in [9.17, 15) is 4.79 Å². The Morgan fingerprint density at radius 3 is 2.64 bits per heavy atom. The molecule has 0 spiro atoms. The standard InChI is InChI=1S/C9H14O2/c1-8-2-4-9(5-3-8)6-11-7-10/h6-8H,2-5H2,1H3. The first-order valence-electron chi connectivity index (χ1n) is 4.10.